The number of aryl methyl sites for hydroxylation is 2. The van der Waals surface area contributed by atoms with E-state index < -0.39 is 12.1 Å². The summed E-state index contributed by atoms with van der Waals surface area (Å²) in [5.41, 5.74) is 4.50. The molecular formula is C28H31FO4. The van der Waals surface area contributed by atoms with Crippen LogP contribution in [0.25, 0.3) is 11.6 Å². The van der Waals surface area contributed by atoms with E-state index in [-0.39, 0.29) is 18.1 Å². The number of carbonyl (C=O) groups is 1. The summed E-state index contributed by atoms with van der Waals surface area (Å²) in [5.74, 6) is -0.275. The number of ether oxygens (including phenoxy) is 1. The molecule has 1 aliphatic rings. The van der Waals surface area contributed by atoms with E-state index in [0.717, 1.165) is 28.7 Å². The maximum atomic E-state index is 13.7. The Bertz CT molecular complexity index is 1070. The van der Waals surface area contributed by atoms with Crippen LogP contribution in [0.5, 0.6) is 11.5 Å². The van der Waals surface area contributed by atoms with E-state index >= 15 is 0 Å². The molecule has 2 aromatic carbocycles. The number of halogens is 1. The van der Waals surface area contributed by atoms with Crippen molar-refractivity contribution in [2.24, 2.45) is 5.92 Å². The minimum absolute atomic E-state index is 0.104. The summed E-state index contributed by atoms with van der Waals surface area (Å²) in [5, 5.41) is 19.5. The molecular weight excluding hydrogens is 419 g/mol. The van der Waals surface area contributed by atoms with Crippen LogP contribution in [0.1, 0.15) is 48.9 Å². The molecule has 0 amide bonds. The highest BCUT2D eigenvalue weighted by molar-refractivity contribution is 5.80. The Morgan fingerprint density at radius 2 is 2.00 bits per heavy atom. The molecule has 4 nitrogen and oxygen atoms in total. The third-order valence-electron chi connectivity index (χ3n) is 5.78. The fraction of sp³-hybridized carbons (Fsp3) is 0.321. The highest BCUT2D eigenvalue weighted by atomic mass is 19.1. The van der Waals surface area contributed by atoms with Crippen LogP contribution in [-0.2, 0) is 17.6 Å². The van der Waals surface area contributed by atoms with Crippen LogP contribution in [0.4, 0.5) is 4.39 Å². The van der Waals surface area contributed by atoms with Crippen molar-refractivity contribution in [3.05, 3.63) is 83.0 Å². The van der Waals surface area contributed by atoms with Gasteiger partial charge in [0.2, 0.25) is 0 Å². The van der Waals surface area contributed by atoms with Gasteiger partial charge in [0, 0.05) is 24.0 Å². The van der Waals surface area contributed by atoms with Gasteiger partial charge in [0.05, 0.1) is 6.61 Å². The monoisotopic (exact) mass is 450 g/mol. The predicted molar refractivity (Wildman–Crippen MR) is 130 cm³/mol. The summed E-state index contributed by atoms with van der Waals surface area (Å²) >= 11 is 0. The Balaban J connectivity index is 1.63. The molecule has 0 radical (unpaired) electrons. The van der Waals surface area contributed by atoms with Crippen molar-refractivity contribution in [1.82, 2.24) is 0 Å². The number of carboxylic acid groups (broad SMARTS) is 1. The number of phenolic OH excluding ortho intramolecular Hbond substituents is 1. The van der Waals surface area contributed by atoms with Gasteiger partial charge in [-0.2, -0.15) is 0 Å². The lowest BCUT2D eigenvalue weighted by Gasteiger charge is -2.19. The first-order valence-electron chi connectivity index (χ1n) is 11.4. The maximum Gasteiger partial charge on any atom is 0.303 e. The number of phenols is 1. The number of carboxylic acids is 1. The Morgan fingerprint density at radius 3 is 2.73 bits per heavy atom. The Labute approximate surface area is 194 Å². The van der Waals surface area contributed by atoms with Gasteiger partial charge >= 0.3 is 5.97 Å². The van der Waals surface area contributed by atoms with E-state index in [1.807, 2.05) is 62.4 Å². The number of aliphatic carboxylic acids is 1. The number of benzene rings is 2. The van der Waals surface area contributed by atoms with Crippen molar-refractivity contribution in [2.75, 3.05) is 6.61 Å². The average molecular weight is 451 g/mol. The van der Waals surface area contributed by atoms with E-state index in [1.54, 1.807) is 12.1 Å². The van der Waals surface area contributed by atoms with Crippen molar-refractivity contribution in [3.8, 4) is 11.5 Å². The molecule has 0 aliphatic heterocycles. The Hall–Kier alpha value is -3.34. The molecule has 0 saturated carbocycles. The smallest absolute Gasteiger partial charge is 0.303 e. The Morgan fingerprint density at radius 1 is 1.21 bits per heavy atom. The van der Waals surface area contributed by atoms with Crippen molar-refractivity contribution in [2.45, 2.75) is 45.7 Å². The van der Waals surface area contributed by atoms with Gasteiger partial charge in [-0.05, 0) is 53.7 Å². The molecule has 174 valence electrons. The first-order valence-corrected chi connectivity index (χ1v) is 11.4. The topological polar surface area (TPSA) is 66.8 Å². The fourth-order valence-electron chi connectivity index (χ4n) is 3.85. The molecule has 33 heavy (non-hydrogen) atoms. The summed E-state index contributed by atoms with van der Waals surface area (Å²) in [6.07, 6.45) is 10.1. The van der Waals surface area contributed by atoms with E-state index in [1.165, 1.54) is 6.08 Å². The molecule has 0 fully saturated rings. The maximum absolute atomic E-state index is 13.7. The van der Waals surface area contributed by atoms with Gasteiger partial charge in [-0.3, -0.25) is 4.79 Å². The standard InChI is InChI=1S/C28H31FO4/c1-3-20-17-24(23-11-13-25(29)19(2)16-23)26(30)18-27(20)33-15-7-6-10-21-8-4-5-9-22(21)12-14-28(31)32/h4-6,8-11,13,16-19,25,30H,3,7,12,14-15H2,1-2H3,(H,31,32)/b10-6+. The Kier molecular flexibility index (Phi) is 8.47. The third kappa shape index (κ3) is 6.58. The van der Waals surface area contributed by atoms with Gasteiger partial charge in [0.1, 0.15) is 17.7 Å². The van der Waals surface area contributed by atoms with Crippen molar-refractivity contribution in [3.63, 3.8) is 0 Å². The van der Waals surface area contributed by atoms with E-state index in [0.29, 0.717) is 30.8 Å². The van der Waals surface area contributed by atoms with Gasteiger partial charge in [-0.1, -0.05) is 62.4 Å². The van der Waals surface area contributed by atoms with Crippen molar-refractivity contribution >= 4 is 17.6 Å². The second-order valence-corrected chi connectivity index (χ2v) is 8.25. The lowest BCUT2D eigenvalue weighted by atomic mass is 9.91. The number of hydrogen-bond acceptors (Lipinski definition) is 3. The van der Waals surface area contributed by atoms with Crippen LogP contribution in [0.15, 0.2) is 60.7 Å². The minimum Gasteiger partial charge on any atom is -0.507 e. The van der Waals surface area contributed by atoms with Crippen LogP contribution >= 0.6 is 0 Å². The summed E-state index contributed by atoms with van der Waals surface area (Å²) in [6, 6.07) is 11.3. The zero-order valence-corrected chi connectivity index (χ0v) is 19.1. The summed E-state index contributed by atoms with van der Waals surface area (Å²) in [4.78, 5) is 10.9. The predicted octanol–water partition coefficient (Wildman–Crippen LogP) is 6.38. The molecule has 0 spiro atoms. The first kappa shape index (κ1) is 24.3. The molecule has 2 atom stereocenters. The number of hydrogen-bond donors (Lipinski definition) is 2. The molecule has 1 aliphatic carbocycles. The van der Waals surface area contributed by atoms with Gasteiger partial charge in [0.25, 0.3) is 0 Å². The fourth-order valence-corrected chi connectivity index (χ4v) is 3.85. The summed E-state index contributed by atoms with van der Waals surface area (Å²) < 4.78 is 19.7. The van der Waals surface area contributed by atoms with Crippen LogP contribution in [0, 0.1) is 5.92 Å². The van der Waals surface area contributed by atoms with Crippen molar-refractivity contribution < 1.29 is 24.1 Å². The summed E-state index contributed by atoms with van der Waals surface area (Å²) in [7, 11) is 0. The van der Waals surface area contributed by atoms with Crippen LogP contribution < -0.4 is 4.74 Å². The molecule has 0 aromatic heterocycles. The highest BCUT2D eigenvalue weighted by Gasteiger charge is 2.19. The van der Waals surface area contributed by atoms with Gasteiger partial charge in [-0.15, -0.1) is 0 Å². The molecule has 3 rings (SSSR count). The van der Waals surface area contributed by atoms with E-state index in [9.17, 15) is 14.3 Å². The lowest BCUT2D eigenvalue weighted by molar-refractivity contribution is -0.136. The quantitative estimate of drug-likeness (QED) is 0.412. The van der Waals surface area contributed by atoms with Gasteiger partial charge in [0.15, 0.2) is 0 Å². The normalized spacial score (nSPS) is 17.8. The van der Waals surface area contributed by atoms with Crippen LogP contribution in [-0.4, -0.2) is 29.0 Å². The molecule has 2 aromatic rings. The second-order valence-electron chi connectivity index (χ2n) is 8.25. The van der Waals surface area contributed by atoms with Crippen LogP contribution in [0.2, 0.25) is 0 Å². The SMILES string of the molecule is CCc1cc(C2=CC(C)C(F)C=C2)c(O)cc1OCC/C=C/c1ccccc1CCC(=O)O. The number of alkyl halides is 1. The zero-order chi connectivity index (χ0) is 23.8. The van der Waals surface area contributed by atoms with Crippen molar-refractivity contribution in [1.29, 1.82) is 0 Å². The van der Waals surface area contributed by atoms with E-state index in [4.69, 9.17) is 9.84 Å². The highest BCUT2D eigenvalue weighted by Crippen LogP contribution is 2.36. The minimum atomic E-state index is -0.999. The first-order chi connectivity index (χ1) is 15.9. The zero-order valence-electron chi connectivity index (χ0n) is 19.1. The molecule has 0 saturated heterocycles. The molecule has 0 heterocycles. The molecule has 5 heteroatoms. The number of aromatic hydroxyl groups is 1. The molecule has 2 unspecified atom stereocenters. The van der Waals surface area contributed by atoms with E-state index in [2.05, 4.69) is 0 Å². The lowest BCUT2D eigenvalue weighted by Crippen LogP contribution is -2.11. The number of allylic oxidation sites excluding steroid dienone is 4. The second kappa shape index (κ2) is 11.5. The van der Waals surface area contributed by atoms with Gasteiger partial charge < -0.3 is 14.9 Å². The number of rotatable bonds is 10. The van der Waals surface area contributed by atoms with Gasteiger partial charge in [-0.25, -0.2) is 4.39 Å². The van der Waals surface area contributed by atoms with Crippen LogP contribution in [0.3, 0.4) is 0 Å². The average Bonchev–Trinajstić information content (AvgIpc) is 2.80. The summed E-state index contributed by atoms with van der Waals surface area (Å²) in [6.45, 7) is 4.30. The molecule has 2 N–H and O–H groups in total. The third-order valence-corrected chi connectivity index (χ3v) is 5.78. The largest absolute Gasteiger partial charge is 0.507 e. The molecule has 0 bridgehead atoms.